The van der Waals surface area contributed by atoms with Crippen molar-refractivity contribution in [2.75, 3.05) is 6.61 Å². The molecule has 1 saturated carbocycles. The number of carbonyl (C=O) groups excluding carboxylic acids is 1. The van der Waals surface area contributed by atoms with Gasteiger partial charge in [0.1, 0.15) is 17.2 Å². The summed E-state index contributed by atoms with van der Waals surface area (Å²) < 4.78 is 52.7. The number of fused-ring (bicyclic) bond motifs is 2. The number of carbonyl (C=O) groups is 1. The van der Waals surface area contributed by atoms with Gasteiger partial charge in [-0.1, -0.05) is 24.3 Å². The van der Waals surface area contributed by atoms with Gasteiger partial charge in [0.25, 0.3) is 0 Å². The predicted molar refractivity (Wildman–Crippen MR) is 141 cm³/mol. The van der Waals surface area contributed by atoms with Crippen LogP contribution in [0, 0.1) is 30.5 Å². The molecule has 3 heterocycles. The lowest BCUT2D eigenvalue weighted by Gasteiger charge is -2.12. The average Bonchev–Trinajstić information content (AvgIpc) is 3.59. The molecule has 3 aromatic heterocycles. The van der Waals surface area contributed by atoms with Gasteiger partial charge in [-0.2, -0.15) is 8.78 Å². The van der Waals surface area contributed by atoms with Crippen LogP contribution in [0.3, 0.4) is 0 Å². The Bertz CT molecular complexity index is 1620. The number of allylic oxidation sites excluding steroid dienone is 2. The number of ether oxygens (including phenoxy) is 2. The lowest BCUT2D eigenvalue weighted by atomic mass is 9.99. The summed E-state index contributed by atoms with van der Waals surface area (Å²) in [6, 6.07) is 7.93. The van der Waals surface area contributed by atoms with Crippen LogP contribution >= 0.6 is 0 Å². The standard InChI is InChI=1S/C30H27F3N4O3/c1-3-39-29(38)27-20-9-8-18(10-21(20)27)28-34-13-19(14-35-28)22-15-37-24(16(2)36-26(37)12-23(22)31)11-17-6-4-5-7-25(17)40-30(32)33/h4-7,10,12-15,20-21,27,30H,3,8-9,11H2,1-2H3. The van der Waals surface area contributed by atoms with Crippen molar-refractivity contribution in [3.8, 4) is 16.9 Å². The molecule has 0 saturated heterocycles. The van der Waals surface area contributed by atoms with Crippen molar-refractivity contribution in [1.29, 1.82) is 0 Å². The van der Waals surface area contributed by atoms with Crippen LogP contribution < -0.4 is 4.74 Å². The van der Waals surface area contributed by atoms with Crippen LogP contribution in [-0.4, -0.2) is 38.5 Å². The van der Waals surface area contributed by atoms with Crippen LogP contribution in [0.15, 0.2) is 55.0 Å². The van der Waals surface area contributed by atoms with Crippen LogP contribution in [0.25, 0.3) is 22.3 Å². The van der Waals surface area contributed by atoms with E-state index < -0.39 is 12.4 Å². The van der Waals surface area contributed by atoms with Gasteiger partial charge in [0.05, 0.1) is 18.2 Å². The third-order valence-electron chi connectivity index (χ3n) is 7.73. The van der Waals surface area contributed by atoms with E-state index >= 15 is 4.39 Å². The molecule has 40 heavy (non-hydrogen) atoms. The molecule has 0 amide bonds. The number of halogens is 3. The van der Waals surface area contributed by atoms with Crippen molar-refractivity contribution in [3.63, 3.8) is 0 Å². The number of para-hydroxylation sites is 1. The van der Waals surface area contributed by atoms with E-state index in [1.807, 2.05) is 0 Å². The zero-order valence-corrected chi connectivity index (χ0v) is 22.0. The second kappa shape index (κ2) is 10.4. The van der Waals surface area contributed by atoms with E-state index in [1.54, 1.807) is 55.0 Å². The van der Waals surface area contributed by atoms with Crippen molar-refractivity contribution >= 4 is 17.2 Å². The molecule has 0 spiro atoms. The first-order valence-electron chi connectivity index (χ1n) is 13.2. The fourth-order valence-electron chi connectivity index (χ4n) is 5.72. The third kappa shape index (κ3) is 4.82. The highest BCUT2D eigenvalue weighted by Crippen LogP contribution is 2.55. The van der Waals surface area contributed by atoms with Gasteiger partial charge in [0, 0.05) is 53.5 Å². The molecule has 4 aromatic rings. The summed E-state index contributed by atoms with van der Waals surface area (Å²) in [5, 5.41) is 0. The number of nitrogens with zero attached hydrogens (tertiary/aromatic N) is 4. The first-order valence-corrected chi connectivity index (χ1v) is 13.2. The number of hydrogen-bond donors (Lipinski definition) is 0. The SMILES string of the molecule is CCOC(=O)C1C2C=C(c3ncc(-c4cn5c(Cc6ccccc6OC(F)F)c(C)nc5cc4F)cn3)CCC21. The van der Waals surface area contributed by atoms with Gasteiger partial charge in [-0.25, -0.2) is 19.3 Å². The second-order valence-electron chi connectivity index (χ2n) is 10.1. The van der Waals surface area contributed by atoms with Crippen molar-refractivity contribution in [2.24, 2.45) is 17.8 Å². The Kier molecular flexibility index (Phi) is 6.77. The Morgan fingerprint density at radius 2 is 1.98 bits per heavy atom. The van der Waals surface area contributed by atoms with Crippen LogP contribution in [0.1, 0.15) is 42.5 Å². The van der Waals surface area contributed by atoms with Gasteiger partial charge in [-0.05, 0) is 50.2 Å². The minimum Gasteiger partial charge on any atom is -0.466 e. The summed E-state index contributed by atoms with van der Waals surface area (Å²) in [4.78, 5) is 25.7. The largest absolute Gasteiger partial charge is 0.466 e. The number of hydrogen-bond acceptors (Lipinski definition) is 6. The van der Waals surface area contributed by atoms with E-state index in [4.69, 9.17) is 4.74 Å². The predicted octanol–water partition coefficient (Wildman–Crippen LogP) is 6.03. The first kappa shape index (κ1) is 26.0. The number of aromatic nitrogens is 4. The van der Waals surface area contributed by atoms with E-state index in [0.717, 1.165) is 24.1 Å². The zero-order valence-electron chi connectivity index (χ0n) is 22.0. The van der Waals surface area contributed by atoms with E-state index in [2.05, 4.69) is 25.8 Å². The van der Waals surface area contributed by atoms with Crippen molar-refractivity contribution in [2.45, 2.75) is 39.7 Å². The number of pyridine rings is 1. The number of alkyl halides is 2. The molecule has 0 bridgehead atoms. The Morgan fingerprint density at radius 3 is 2.73 bits per heavy atom. The van der Waals surface area contributed by atoms with Crippen LogP contribution in [0.5, 0.6) is 5.75 Å². The number of rotatable bonds is 8. The van der Waals surface area contributed by atoms with Gasteiger partial charge in [-0.15, -0.1) is 0 Å². The minimum absolute atomic E-state index is 0.0840. The van der Waals surface area contributed by atoms with Crippen LogP contribution in [0.4, 0.5) is 13.2 Å². The quantitative estimate of drug-likeness (QED) is 0.250. The monoisotopic (exact) mass is 548 g/mol. The molecule has 2 aliphatic carbocycles. The number of imidazole rings is 1. The Morgan fingerprint density at radius 1 is 1.20 bits per heavy atom. The Hall–Kier alpha value is -4.21. The Labute approximate surface area is 228 Å². The maximum Gasteiger partial charge on any atom is 0.387 e. The Balaban J connectivity index is 1.28. The van der Waals surface area contributed by atoms with Crippen LogP contribution in [-0.2, 0) is 16.0 Å². The van der Waals surface area contributed by atoms with E-state index in [1.165, 1.54) is 12.1 Å². The molecular weight excluding hydrogens is 521 g/mol. The van der Waals surface area contributed by atoms with Crippen molar-refractivity contribution in [3.05, 3.63) is 83.6 Å². The summed E-state index contributed by atoms with van der Waals surface area (Å²) in [5.74, 6) is 0.427. The van der Waals surface area contributed by atoms with E-state index in [9.17, 15) is 13.6 Å². The summed E-state index contributed by atoms with van der Waals surface area (Å²) in [6.07, 6.45) is 8.80. The van der Waals surface area contributed by atoms with Crippen molar-refractivity contribution < 1.29 is 27.4 Å². The minimum atomic E-state index is -2.94. The van der Waals surface area contributed by atoms with Crippen LogP contribution in [0.2, 0.25) is 0 Å². The number of aryl methyl sites for hydroxylation is 1. The molecule has 1 fully saturated rings. The molecule has 10 heteroatoms. The summed E-state index contributed by atoms with van der Waals surface area (Å²) in [6.45, 7) is 1.03. The van der Waals surface area contributed by atoms with Crippen molar-refractivity contribution in [1.82, 2.24) is 19.4 Å². The molecule has 206 valence electrons. The fourth-order valence-corrected chi connectivity index (χ4v) is 5.72. The molecule has 0 N–H and O–H groups in total. The zero-order chi connectivity index (χ0) is 28.0. The molecule has 3 atom stereocenters. The van der Waals surface area contributed by atoms with E-state index in [0.29, 0.717) is 40.8 Å². The molecule has 1 aromatic carbocycles. The number of benzene rings is 1. The fraction of sp³-hybridized carbons (Fsp3) is 0.333. The average molecular weight is 549 g/mol. The van der Waals surface area contributed by atoms with Gasteiger partial charge < -0.3 is 13.9 Å². The smallest absolute Gasteiger partial charge is 0.387 e. The maximum atomic E-state index is 15.2. The van der Waals surface area contributed by atoms with Gasteiger partial charge >= 0.3 is 12.6 Å². The molecule has 6 rings (SSSR count). The first-order chi connectivity index (χ1) is 19.3. The highest BCUT2D eigenvalue weighted by atomic mass is 19.3. The highest BCUT2D eigenvalue weighted by Gasteiger charge is 2.55. The number of esters is 1. The highest BCUT2D eigenvalue weighted by molar-refractivity contribution is 5.79. The second-order valence-corrected chi connectivity index (χ2v) is 10.1. The van der Waals surface area contributed by atoms with E-state index in [-0.39, 0.29) is 35.5 Å². The van der Waals surface area contributed by atoms with Gasteiger partial charge in [-0.3, -0.25) is 4.79 Å². The molecule has 0 radical (unpaired) electrons. The maximum absolute atomic E-state index is 15.2. The normalized spacial score (nSPS) is 19.9. The summed E-state index contributed by atoms with van der Waals surface area (Å²) in [5.41, 5.74) is 4.10. The molecule has 0 aliphatic heterocycles. The summed E-state index contributed by atoms with van der Waals surface area (Å²) >= 11 is 0. The third-order valence-corrected chi connectivity index (χ3v) is 7.73. The molecule has 2 aliphatic rings. The topological polar surface area (TPSA) is 78.6 Å². The van der Waals surface area contributed by atoms with Gasteiger partial charge in [0.2, 0.25) is 0 Å². The lowest BCUT2D eigenvalue weighted by molar-refractivity contribution is -0.145. The lowest BCUT2D eigenvalue weighted by Crippen LogP contribution is -2.08. The summed E-state index contributed by atoms with van der Waals surface area (Å²) in [7, 11) is 0. The molecular formula is C30H27F3N4O3. The molecule has 7 nitrogen and oxygen atoms in total. The molecule has 3 unspecified atom stereocenters. The van der Waals surface area contributed by atoms with Gasteiger partial charge in [0.15, 0.2) is 5.82 Å².